The summed E-state index contributed by atoms with van der Waals surface area (Å²) in [4.78, 5) is 11.3. The number of aromatic nitrogens is 2. The van der Waals surface area contributed by atoms with E-state index in [1.807, 2.05) is 38.2 Å². The minimum atomic E-state index is -0.0258. The van der Waals surface area contributed by atoms with Gasteiger partial charge in [-0.3, -0.25) is 9.48 Å². The second-order valence-corrected chi connectivity index (χ2v) is 4.28. The average molecular weight is 244 g/mol. The highest BCUT2D eigenvalue weighted by atomic mass is 16.5. The summed E-state index contributed by atoms with van der Waals surface area (Å²) in [5.41, 5.74) is 3.49. The van der Waals surface area contributed by atoms with Crippen LogP contribution in [0.15, 0.2) is 24.3 Å². The van der Waals surface area contributed by atoms with Crippen molar-refractivity contribution in [1.29, 1.82) is 0 Å². The Hall–Kier alpha value is -2.10. The molecule has 0 aliphatic heterocycles. The topological polar surface area (TPSA) is 44.1 Å². The summed E-state index contributed by atoms with van der Waals surface area (Å²) in [6.07, 6.45) is 0. The minimum absolute atomic E-state index is 0.0258. The number of methoxy groups -OCH3 is 1. The first-order chi connectivity index (χ1) is 8.52. The van der Waals surface area contributed by atoms with Gasteiger partial charge in [-0.25, -0.2) is 0 Å². The Bertz CT molecular complexity index is 600. The van der Waals surface area contributed by atoms with Gasteiger partial charge in [0.05, 0.1) is 12.8 Å². The molecule has 0 aliphatic rings. The van der Waals surface area contributed by atoms with Crippen LogP contribution in [0, 0.1) is 6.92 Å². The highest BCUT2D eigenvalue weighted by molar-refractivity contribution is 5.93. The summed E-state index contributed by atoms with van der Waals surface area (Å²) in [6.45, 7) is 3.51. The number of hydrogen-bond donors (Lipinski definition) is 0. The molecular weight excluding hydrogens is 228 g/mol. The van der Waals surface area contributed by atoms with Crippen LogP contribution in [0.5, 0.6) is 5.75 Å². The van der Waals surface area contributed by atoms with Crippen LogP contribution in [-0.2, 0) is 7.05 Å². The molecule has 0 saturated carbocycles. The Labute approximate surface area is 106 Å². The van der Waals surface area contributed by atoms with Crippen molar-refractivity contribution in [3.05, 3.63) is 35.5 Å². The Morgan fingerprint density at radius 1 is 1.33 bits per heavy atom. The number of aryl methyl sites for hydroxylation is 2. The van der Waals surface area contributed by atoms with Gasteiger partial charge in [0, 0.05) is 19.5 Å². The van der Waals surface area contributed by atoms with Crippen LogP contribution in [-0.4, -0.2) is 22.7 Å². The van der Waals surface area contributed by atoms with Gasteiger partial charge in [-0.05, 0) is 36.8 Å². The summed E-state index contributed by atoms with van der Waals surface area (Å²) in [5, 5.41) is 4.19. The molecule has 0 saturated heterocycles. The monoisotopic (exact) mass is 244 g/mol. The molecule has 2 rings (SSSR count). The maximum atomic E-state index is 11.3. The third kappa shape index (κ3) is 2.14. The van der Waals surface area contributed by atoms with Crippen molar-refractivity contribution in [3.63, 3.8) is 0 Å². The molecule has 4 heteroatoms. The molecule has 0 radical (unpaired) electrons. The van der Waals surface area contributed by atoms with Gasteiger partial charge >= 0.3 is 0 Å². The standard InChI is InChI=1S/C14H16N2O2/c1-9-7-11(5-6-14(9)18-4)13-8-12(10(2)17)15-16(13)3/h5-8H,1-4H3. The number of nitrogens with zero attached hydrogens (tertiary/aromatic N) is 2. The lowest BCUT2D eigenvalue weighted by Crippen LogP contribution is -1.97. The molecule has 0 spiro atoms. The number of Topliss-reactive ketones (excluding diaryl/α,β-unsaturated/α-hetero) is 1. The normalized spacial score (nSPS) is 10.4. The summed E-state index contributed by atoms with van der Waals surface area (Å²) in [5.74, 6) is 0.829. The van der Waals surface area contributed by atoms with Crippen LogP contribution in [0.4, 0.5) is 0 Å². The van der Waals surface area contributed by atoms with E-state index in [2.05, 4.69) is 5.10 Å². The molecule has 0 bridgehead atoms. The molecule has 1 aromatic heterocycles. The first-order valence-electron chi connectivity index (χ1n) is 5.73. The third-order valence-electron chi connectivity index (χ3n) is 2.93. The van der Waals surface area contributed by atoms with E-state index in [1.165, 1.54) is 6.92 Å². The minimum Gasteiger partial charge on any atom is -0.496 e. The van der Waals surface area contributed by atoms with Crippen LogP contribution >= 0.6 is 0 Å². The Balaban J connectivity index is 2.48. The van der Waals surface area contributed by atoms with Gasteiger partial charge in [0.25, 0.3) is 0 Å². The summed E-state index contributed by atoms with van der Waals surface area (Å²) in [6, 6.07) is 7.72. The molecule has 2 aromatic rings. The Morgan fingerprint density at radius 2 is 2.06 bits per heavy atom. The number of rotatable bonds is 3. The highest BCUT2D eigenvalue weighted by Gasteiger charge is 2.11. The summed E-state index contributed by atoms with van der Waals surface area (Å²) < 4.78 is 6.95. The first-order valence-corrected chi connectivity index (χ1v) is 5.73. The van der Waals surface area contributed by atoms with Gasteiger partial charge in [0.15, 0.2) is 5.78 Å². The van der Waals surface area contributed by atoms with Crippen LogP contribution in [0.2, 0.25) is 0 Å². The van der Waals surface area contributed by atoms with Gasteiger partial charge in [-0.15, -0.1) is 0 Å². The van der Waals surface area contributed by atoms with E-state index in [1.54, 1.807) is 11.8 Å². The van der Waals surface area contributed by atoms with E-state index >= 15 is 0 Å². The van der Waals surface area contributed by atoms with Gasteiger partial charge < -0.3 is 4.74 Å². The van der Waals surface area contributed by atoms with Crippen molar-refractivity contribution < 1.29 is 9.53 Å². The van der Waals surface area contributed by atoms with Gasteiger partial charge in [0.1, 0.15) is 11.4 Å². The fraction of sp³-hybridized carbons (Fsp3) is 0.286. The van der Waals surface area contributed by atoms with Crippen molar-refractivity contribution in [3.8, 4) is 17.0 Å². The zero-order chi connectivity index (χ0) is 13.3. The van der Waals surface area contributed by atoms with Crippen LogP contribution < -0.4 is 4.74 Å². The van der Waals surface area contributed by atoms with Crippen LogP contribution in [0.1, 0.15) is 23.0 Å². The van der Waals surface area contributed by atoms with Crippen molar-refractivity contribution in [2.24, 2.45) is 7.05 Å². The van der Waals surface area contributed by atoms with Gasteiger partial charge in [0.2, 0.25) is 0 Å². The molecule has 0 N–H and O–H groups in total. The Kier molecular flexibility index (Phi) is 3.19. The maximum Gasteiger partial charge on any atom is 0.180 e. The molecule has 0 fully saturated rings. The molecule has 18 heavy (non-hydrogen) atoms. The molecule has 0 atom stereocenters. The van der Waals surface area contributed by atoms with E-state index in [4.69, 9.17) is 4.74 Å². The lowest BCUT2D eigenvalue weighted by molar-refractivity contribution is 0.101. The van der Waals surface area contributed by atoms with E-state index in [0.29, 0.717) is 5.69 Å². The molecule has 1 aromatic carbocycles. The number of ketones is 1. The number of carbonyl (C=O) groups excluding carboxylic acids is 1. The fourth-order valence-electron chi connectivity index (χ4n) is 1.95. The number of carbonyl (C=O) groups is 1. The zero-order valence-electron chi connectivity index (χ0n) is 11.0. The zero-order valence-corrected chi connectivity index (χ0v) is 11.0. The highest BCUT2D eigenvalue weighted by Crippen LogP contribution is 2.26. The van der Waals surface area contributed by atoms with Crippen molar-refractivity contribution in [2.45, 2.75) is 13.8 Å². The molecule has 0 amide bonds. The SMILES string of the molecule is COc1ccc(-c2cc(C(C)=O)nn2C)cc1C. The predicted octanol–water partition coefficient (Wildman–Crippen LogP) is 2.61. The lowest BCUT2D eigenvalue weighted by Gasteiger charge is -2.07. The maximum absolute atomic E-state index is 11.3. The Morgan fingerprint density at radius 3 is 2.56 bits per heavy atom. The third-order valence-corrected chi connectivity index (χ3v) is 2.93. The molecule has 0 aliphatic carbocycles. The summed E-state index contributed by atoms with van der Waals surface area (Å²) in [7, 11) is 3.49. The molecular formula is C14H16N2O2. The lowest BCUT2D eigenvalue weighted by atomic mass is 10.1. The second-order valence-electron chi connectivity index (χ2n) is 4.28. The number of benzene rings is 1. The summed E-state index contributed by atoms with van der Waals surface area (Å²) >= 11 is 0. The van der Waals surface area contributed by atoms with Crippen molar-refractivity contribution >= 4 is 5.78 Å². The molecule has 0 unspecified atom stereocenters. The van der Waals surface area contributed by atoms with E-state index < -0.39 is 0 Å². The molecule has 1 heterocycles. The quantitative estimate of drug-likeness (QED) is 0.779. The number of ether oxygens (including phenoxy) is 1. The van der Waals surface area contributed by atoms with Crippen molar-refractivity contribution in [2.75, 3.05) is 7.11 Å². The van der Waals surface area contributed by atoms with Crippen LogP contribution in [0.25, 0.3) is 11.3 Å². The molecule has 94 valence electrons. The van der Waals surface area contributed by atoms with E-state index in [9.17, 15) is 4.79 Å². The fourth-order valence-corrected chi connectivity index (χ4v) is 1.95. The first kappa shape index (κ1) is 12.4. The van der Waals surface area contributed by atoms with Crippen molar-refractivity contribution in [1.82, 2.24) is 9.78 Å². The molecule has 4 nitrogen and oxygen atoms in total. The number of hydrogen-bond acceptors (Lipinski definition) is 3. The van der Waals surface area contributed by atoms with E-state index in [0.717, 1.165) is 22.6 Å². The predicted molar refractivity (Wildman–Crippen MR) is 69.9 cm³/mol. The largest absolute Gasteiger partial charge is 0.496 e. The van der Waals surface area contributed by atoms with Crippen LogP contribution in [0.3, 0.4) is 0 Å². The second kappa shape index (κ2) is 4.64. The smallest absolute Gasteiger partial charge is 0.180 e. The average Bonchev–Trinajstić information content (AvgIpc) is 2.71. The van der Waals surface area contributed by atoms with Gasteiger partial charge in [-0.1, -0.05) is 0 Å². The van der Waals surface area contributed by atoms with Gasteiger partial charge in [-0.2, -0.15) is 5.10 Å². The van der Waals surface area contributed by atoms with E-state index in [-0.39, 0.29) is 5.78 Å².